The number of nitrogens with zero attached hydrogens (tertiary/aromatic N) is 1. The van der Waals surface area contributed by atoms with Crippen molar-refractivity contribution in [2.45, 2.75) is 43.9 Å². The number of ketones is 2. The highest BCUT2D eigenvalue weighted by atomic mass is 16.4. The number of aryl methyl sites for hydroxylation is 1. The number of Topliss-reactive ketones (excluding diaryl/α,β-unsaturated/α-hetero) is 2. The lowest BCUT2D eigenvalue weighted by molar-refractivity contribution is -0.169. The maximum Gasteiger partial charge on any atom is 0.255 e. The molecule has 7 N–H and O–H groups in total. The quantitative estimate of drug-likeness (QED) is 0.331. The number of aliphatic hydroxyl groups is 4. The summed E-state index contributed by atoms with van der Waals surface area (Å²) >= 11 is 0. The average Bonchev–Trinajstić information content (AvgIpc) is 2.75. The van der Waals surface area contributed by atoms with Gasteiger partial charge < -0.3 is 31.3 Å². The molecule has 0 heterocycles. The third-order valence-corrected chi connectivity index (χ3v) is 7.59. The molecule has 1 saturated carbocycles. The highest BCUT2D eigenvalue weighted by molar-refractivity contribution is 6.24. The number of aromatic hydroxyl groups is 1. The van der Waals surface area contributed by atoms with E-state index >= 15 is 0 Å². The van der Waals surface area contributed by atoms with E-state index in [1.54, 1.807) is 26.0 Å². The minimum atomic E-state index is -2.90. The fourth-order valence-corrected chi connectivity index (χ4v) is 5.94. The van der Waals surface area contributed by atoms with Gasteiger partial charge in [-0.3, -0.25) is 19.3 Å². The van der Waals surface area contributed by atoms with E-state index in [0.717, 1.165) is 0 Å². The summed E-state index contributed by atoms with van der Waals surface area (Å²) in [5.74, 6) is -8.76. The number of hydrogen-bond donors (Lipinski definition) is 6. The van der Waals surface area contributed by atoms with Gasteiger partial charge in [0, 0.05) is 11.5 Å². The Morgan fingerprint density at radius 3 is 2.32 bits per heavy atom. The Bertz CT molecular complexity index is 1200. The molecule has 1 aromatic carbocycles. The van der Waals surface area contributed by atoms with Crippen molar-refractivity contribution in [2.24, 2.45) is 17.6 Å². The number of phenolic OH excluding ortho intramolecular Hbond substituents is 1. The Kier molecular flexibility index (Phi) is 5.39. The number of carbonyl (C=O) groups is 3. The number of phenols is 1. The Hall–Kier alpha value is -3.21. The number of aliphatic hydroxyl groups excluding tert-OH is 3. The topological polar surface area (TPSA) is 182 Å². The number of rotatable bonds is 3. The molecule has 1 amide bonds. The van der Waals surface area contributed by atoms with E-state index in [2.05, 4.69) is 0 Å². The fraction of sp³-hybridized carbons (Fsp3) is 0.458. The third kappa shape index (κ3) is 2.76. The van der Waals surface area contributed by atoms with Crippen molar-refractivity contribution in [3.8, 4) is 5.75 Å². The number of carbonyl (C=O) groups excluding carboxylic acids is 3. The highest BCUT2D eigenvalue weighted by Crippen LogP contribution is 2.56. The van der Waals surface area contributed by atoms with Crippen LogP contribution in [0, 0.1) is 11.8 Å². The van der Waals surface area contributed by atoms with Crippen LogP contribution >= 0.6 is 0 Å². The molecule has 6 atom stereocenters. The van der Waals surface area contributed by atoms with Gasteiger partial charge in [0.2, 0.25) is 5.78 Å². The van der Waals surface area contributed by atoms with Crippen molar-refractivity contribution < 1.29 is 39.9 Å². The molecule has 0 aliphatic heterocycles. The summed E-state index contributed by atoms with van der Waals surface area (Å²) in [5, 5.41) is 55.9. The first-order valence-electron chi connectivity index (χ1n) is 11.0. The molecule has 0 saturated heterocycles. The zero-order valence-electron chi connectivity index (χ0n) is 19.2. The number of amides is 1. The molecule has 1 aromatic rings. The van der Waals surface area contributed by atoms with Gasteiger partial charge in [0.15, 0.2) is 11.4 Å². The molecule has 0 bridgehead atoms. The predicted octanol–water partition coefficient (Wildman–Crippen LogP) is 0.0582. The number of fused-ring (bicyclic) bond motifs is 3. The van der Waals surface area contributed by atoms with Crippen LogP contribution in [0.25, 0.3) is 5.76 Å². The Morgan fingerprint density at radius 1 is 1.18 bits per heavy atom. The summed E-state index contributed by atoms with van der Waals surface area (Å²) in [7, 11) is 2.93. The first-order valence-corrected chi connectivity index (χ1v) is 11.0. The van der Waals surface area contributed by atoms with Crippen LogP contribution in [0.5, 0.6) is 5.75 Å². The van der Waals surface area contributed by atoms with Crippen molar-refractivity contribution in [2.75, 3.05) is 14.1 Å². The van der Waals surface area contributed by atoms with Gasteiger partial charge in [0.1, 0.15) is 22.8 Å². The lowest BCUT2D eigenvalue weighted by Crippen LogP contribution is -2.70. The average molecular weight is 472 g/mol. The molecule has 0 spiro atoms. The molecular formula is C24H28N2O8. The van der Waals surface area contributed by atoms with Crippen LogP contribution in [0.1, 0.15) is 36.5 Å². The first kappa shape index (κ1) is 23.9. The van der Waals surface area contributed by atoms with E-state index < -0.39 is 75.6 Å². The zero-order chi connectivity index (χ0) is 25.4. The minimum Gasteiger partial charge on any atom is -0.508 e. The second-order valence-corrected chi connectivity index (χ2v) is 9.44. The number of likely N-dealkylation sites (N-methyl/N-ethyl adjacent to an activating group) is 1. The highest BCUT2D eigenvalue weighted by Gasteiger charge is 2.68. The van der Waals surface area contributed by atoms with Gasteiger partial charge in [-0.25, -0.2) is 0 Å². The van der Waals surface area contributed by atoms with Gasteiger partial charge in [-0.15, -0.1) is 0 Å². The second-order valence-electron chi connectivity index (χ2n) is 9.44. The van der Waals surface area contributed by atoms with Crippen LogP contribution in [-0.2, 0) is 20.8 Å². The summed E-state index contributed by atoms with van der Waals surface area (Å²) in [6.45, 7) is 3.50. The normalized spacial score (nSPS) is 33.1. The van der Waals surface area contributed by atoms with Gasteiger partial charge in [0.05, 0.1) is 23.6 Å². The molecule has 3 aliphatic rings. The molecule has 34 heavy (non-hydrogen) atoms. The van der Waals surface area contributed by atoms with Gasteiger partial charge in [-0.05, 0) is 37.6 Å². The van der Waals surface area contributed by atoms with Crippen LogP contribution < -0.4 is 5.73 Å². The molecule has 1 fully saturated rings. The van der Waals surface area contributed by atoms with Crippen LogP contribution in [0.2, 0.25) is 0 Å². The van der Waals surface area contributed by atoms with E-state index in [0.29, 0.717) is 17.5 Å². The summed E-state index contributed by atoms with van der Waals surface area (Å²) in [4.78, 5) is 40.3. The Balaban J connectivity index is 2.06. The van der Waals surface area contributed by atoms with Crippen molar-refractivity contribution in [1.29, 1.82) is 0 Å². The fourth-order valence-electron chi connectivity index (χ4n) is 5.94. The standard InChI is InChI=1S/C24H28N2O8/c1-5-9-6-7-10-8(2)11-13(18(28)12(10)17(9)27)21(31)24(34)15(19(11)29)16(26(3)4)20(30)14(22(24)32)23(25)33/h6-8,11,15-16,19,27-29,32,34H,5H2,1-4H3,(H2,25,33)/t8-,11+,15+,16-,19-,24?/m0/s1. The summed E-state index contributed by atoms with van der Waals surface area (Å²) in [6, 6.07) is 2.02. The van der Waals surface area contributed by atoms with Crippen LogP contribution in [0.4, 0.5) is 0 Å². The maximum absolute atomic E-state index is 13.8. The largest absolute Gasteiger partial charge is 0.508 e. The van der Waals surface area contributed by atoms with E-state index in [1.807, 2.05) is 0 Å². The monoisotopic (exact) mass is 472 g/mol. The predicted molar refractivity (Wildman–Crippen MR) is 120 cm³/mol. The summed E-state index contributed by atoms with van der Waals surface area (Å²) < 4.78 is 0. The van der Waals surface area contributed by atoms with Crippen molar-refractivity contribution in [3.05, 3.63) is 45.7 Å². The molecule has 0 aromatic heterocycles. The third-order valence-electron chi connectivity index (χ3n) is 7.59. The molecule has 3 aliphatic carbocycles. The molecule has 10 heteroatoms. The molecule has 1 unspecified atom stereocenters. The summed E-state index contributed by atoms with van der Waals surface area (Å²) in [5.41, 5.74) is 2.08. The second kappa shape index (κ2) is 7.66. The van der Waals surface area contributed by atoms with Gasteiger partial charge in [-0.1, -0.05) is 26.0 Å². The SMILES string of the molecule is CCc1ccc2c(c1O)C(O)=C1C(=O)C3(O)C(O)=C(C(N)=O)C(=O)[C@@H](N(C)C)[C@@H]3[C@@H](O)[C@@H]1[C@H]2C. The molecule has 0 radical (unpaired) electrons. The lowest BCUT2D eigenvalue weighted by atomic mass is 9.54. The van der Waals surface area contributed by atoms with Gasteiger partial charge in [0.25, 0.3) is 5.91 Å². The lowest BCUT2D eigenvalue weighted by Gasteiger charge is -2.53. The molecule has 182 valence electrons. The number of nitrogens with two attached hydrogens (primary N) is 1. The smallest absolute Gasteiger partial charge is 0.255 e. The van der Waals surface area contributed by atoms with Gasteiger partial charge in [-0.2, -0.15) is 0 Å². The zero-order valence-corrected chi connectivity index (χ0v) is 19.2. The molecular weight excluding hydrogens is 444 g/mol. The number of hydrogen-bond acceptors (Lipinski definition) is 9. The van der Waals surface area contributed by atoms with Crippen molar-refractivity contribution in [3.63, 3.8) is 0 Å². The van der Waals surface area contributed by atoms with Crippen LogP contribution in [-0.4, -0.2) is 79.7 Å². The molecule has 4 rings (SSSR count). The Labute approximate surface area is 195 Å². The molecule has 10 nitrogen and oxygen atoms in total. The first-order chi connectivity index (χ1) is 15.8. The van der Waals surface area contributed by atoms with Crippen molar-refractivity contribution >= 4 is 23.2 Å². The van der Waals surface area contributed by atoms with E-state index in [9.17, 15) is 39.9 Å². The van der Waals surface area contributed by atoms with Crippen molar-refractivity contribution in [1.82, 2.24) is 4.90 Å². The Morgan fingerprint density at radius 2 is 1.79 bits per heavy atom. The number of benzene rings is 1. The van der Waals surface area contributed by atoms with E-state index in [1.165, 1.54) is 19.0 Å². The van der Waals surface area contributed by atoms with Gasteiger partial charge >= 0.3 is 0 Å². The van der Waals surface area contributed by atoms with Crippen LogP contribution in [0.15, 0.2) is 29.0 Å². The summed E-state index contributed by atoms with van der Waals surface area (Å²) in [6.07, 6.45) is -1.15. The minimum absolute atomic E-state index is 0.00957. The van der Waals surface area contributed by atoms with E-state index in [-0.39, 0.29) is 11.3 Å². The maximum atomic E-state index is 13.8. The van der Waals surface area contributed by atoms with Crippen LogP contribution in [0.3, 0.4) is 0 Å². The van der Waals surface area contributed by atoms with E-state index in [4.69, 9.17) is 5.73 Å². The number of primary amides is 1.